The highest BCUT2D eigenvalue weighted by molar-refractivity contribution is 5.98. The van der Waals surface area contributed by atoms with E-state index in [4.69, 9.17) is 11.1 Å². The number of halogens is 1. The molecule has 0 unspecified atom stereocenters. The fourth-order valence-electron chi connectivity index (χ4n) is 1.55. The Bertz CT molecular complexity index is 567. The van der Waals surface area contributed by atoms with Gasteiger partial charge in [0.2, 0.25) is 0 Å². The lowest BCUT2D eigenvalue weighted by molar-refractivity contribution is 0.628. The van der Waals surface area contributed by atoms with Crippen LogP contribution in [0.4, 0.5) is 15.9 Å². The highest BCUT2D eigenvalue weighted by atomic mass is 19.1. The summed E-state index contributed by atoms with van der Waals surface area (Å²) in [5.74, 6) is -0.0123. The van der Waals surface area contributed by atoms with E-state index in [1.54, 1.807) is 24.1 Å². The van der Waals surface area contributed by atoms with E-state index in [9.17, 15) is 4.39 Å². The molecule has 1 aromatic carbocycles. The third-order valence-corrected chi connectivity index (χ3v) is 2.47. The largest absolute Gasteiger partial charge is 0.382 e. The monoisotopic (exact) mass is 245 g/mol. The molecule has 0 fully saturated rings. The van der Waals surface area contributed by atoms with Crippen molar-refractivity contribution in [2.75, 3.05) is 11.9 Å². The van der Waals surface area contributed by atoms with Gasteiger partial charge < -0.3 is 10.6 Å². The van der Waals surface area contributed by atoms with Crippen LogP contribution in [0.2, 0.25) is 0 Å². The molecule has 92 valence electrons. The Morgan fingerprint density at radius 1 is 1.22 bits per heavy atom. The molecular weight excluding hydrogens is 233 g/mol. The number of nitrogens with zero attached hydrogens (tertiary/aromatic N) is 3. The van der Waals surface area contributed by atoms with Gasteiger partial charge in [-0.25, -0.2) is 14.4 Å². The number of hydrogen-bond donors (Lipinski definition) is 2. The summed E-state index contributed by atoms with van der Waals surface area (Å²) in [4.78, 5) is 9.86. The van der Waals surface area contributed by atoms with Crippen molar-refractivity contribution in [2.24, 2.45) is 5.73 Å². The SMILES string of the molecule is CN(c1ccc(F)cc1)c1nccnc1C(=N)N. The second-order valence-corrected chi connectivity index (χ2v) is 3.68. The minimum Gasteiger partial charge on any atom is -0.382 e. The summed E-state index contributed by atoms with van der Waals surface area (Å²) in [7, 11) is 1.75. The standard InChI is InChI=1S/C12H12FN5/c1-18(9-4-2-8(13)3-5-9)12-10(11(14)15)16-6-7-17-12/h2-7H,1H3,(H3,14,15). The molecule has 0 aliphatic heterocycles. The molecule has 0 saturated heterocycles. The first-order valence-corrected chi connectivity index (χ1v) is 5.24. The van der Waals surface area contributed by atoms with Crippen LogP contribution >= 0.6 is 0 Å². The molecule has 0 saturated carbocycles. The van der Waals surface area contributed by atoms with Gasteiger partial charge in [0.25, 0.3) is 0 Å². The zero-order chi connectivity index (χ0) is 13.1. The summed E-state index contributed by atoms with van der Waals surface area (Å²) in [6.45, 7) is 0. The van der Waals surface area contributed by atoms with E-state index in [0.29, 0.717) is 11.5 Å². The van der Waals surface area contributed by atoms with Gasteiger partial charge >= 0.3 is 0 Å². The van der Waals surface area contributed by atoms with Crippen molar-refractivity contribution in [2.45, 2.75) is 0 Å². The molecule has 0 bridgehead atoms. The first kappa shape index (κ1) is 12.0. The molecule has 5 nitrogen and oxygen atoms in total. The van der Waals surface area contributed by atoms with Crippen LogP contribution in [0.15, 0.2) is 36.7 Å². The van der Waals surface area contributed by atoms with Gasteiger partial charge in [-0.1, -0.05) is 0 Å². The first-order valence-electron chi connectivity index (χ1n) is 5.24. The van der Waals surface area contributed by atoms with Crippen molar-refractivity contribution in [1.82, 2.24) is 9.97 Å². The zero-order valence-corrected chi connectivity index (χ0v) is 9.76. The van der Waals surface area contributed by atoms with Crippen LogP contribution in [-0.4, -0.2) is 22.9 Å². The second-order valence-electron chi connectivity index (χ2n) is 3.68. The number of nitrogens with one attached hydrogen (secondary N) is 1. The third kappa shape index (κ3) is 2.27. The van der Waals surface area contributed by atoms with Gasteiger partial charge in [0.15, 0.2) is 5.82 Å². The lowest BCUT2D eigenvalue weighted by atomic mass is 10.2. The fourth-order valence-corrected chi connectivity index (χ4v) is 1.55. The van der Waals surface area contributed by atoms with Gasteiger partial charge in [-0.2, -0.15) is 0 Å². The van der Waals surface area contributed by atoms with Crippen molar-refractivity contribution < 1.29 is 4.39 Å². The van der Waals surface area contributed by atoms with Crippen LogP contribution in [0, 0.1) is 11.2 Å². The summed E-state index contributed by atoms with van der Waals surface area (Å²) >= 11 is 0. The van der Waals surface area contributed by atoms with Gasteiger partial charge in [0.1, 0.15) is 17.3 Å². The fraction of sp³-hybridized carbons (Fsp3) is 0.0833. The van der Waals surface area contributed by atoms with Crippen molar-refractivity contribution in [1.29, 1.82) is 5.41 Å². The van der Waals surface area contributed by atoms with Gasteiger partial charge in [-0.15, -0.1) is 0 Å². The van der Waals surface area contributed by atoms with Crippen LogP contribution in [0.25, 0.3) is 0 Å². The lowest BCUT2D eigenvalue weighted by Gasteiger charge is -2.19. The van der Waals surface area contributed by atoms with Crippen LogP contribution in [0.5, 0.6) is 0 Å². The van der Waals surface area contributed by atoms with Crippen LogP contribution < -0.4 is 10.6 Å². The molecule has 0 atom stereocenters. The zero-order valence-electron chi connectivity index (χ0n) is 9.76. The van der Waals surface area contributed by atoms with Gasteiger partial charge in [0, 0.05) is 25.1 Å². The molecule has 1 aromatic heterocycles. The maximum atomic E-state index is 12.9. The Morgan fingerprint density at radius 3 is 2.44 bits per heavy atom. The van der Waals surface area contributed by atoms with E-state index >= 15 is 0 Å². The van der Waals surface area contributed by atoms with Gasteiger partial charge in [-0.3, -0.25) is 5.41 Å². The molecule has 0 radical (unpaired) electrons. The summed E-state index contributed by atoms with van der Waals surface area (Å²) in [5.41, 5.74) is 6.48. The van der Waals surface area contributed by atoms with E-state index in [1.165, 1.54) is 24.5 Å². The Morgan fingerprint density at radius 2 is 1.83 bits per heavy atom. The second kappa shape index (κ2) is 4.79. The number of benzene rings is 1. The van der Waals surface area contributed by atoms with Crippen LogP contribution in [0.1, 0.15) is 5.69 Å². The topological polar surface area (TPSA) is 78.9 Å². The molecule has 2 rings (SSSR count). The minimum atomic E-state index is -0.307. The summed E-state index contributed by atoms with van der Waals surface area (Å²) in [5, 5.41) is 7.45. The highest BCUT2D eigenvalue weighted by Gasteiger charge is 2.13. The van der Waals surface area contributed by atoms with Crippen molar-refractivity contribution in [3.8, 4) is 0 Å². The number of nitrogens with two attached hydrogens (primary N) is 1. The Kier molecular flexibility index (Phi) is 3.18. The maximum absolute atomic E-state index is 12.9. The van der Waals surface area contributed by atoms with Crippen molar-refractivity contribution in [3.63, 3.8) is 0 Å². The normalized spacial score (nSPS) is 10.1. The van der Waals surface area contributed by atoms with E-state index in [1.807, 2.05) is 0 Å². The first-order chi connectivity index (χ1) is 8.59. The molecule has 3 N–H and O–H groups in total. The molecule has 0 aliphatic rings. The molecule has 2 aromatic rings. The van der Waals surface area contributed by atoms with E-state index < -0.39 is 0 Å². The number of aromatic nitrogens is 2. The average molecular weight is 245 g/mol. The average Bonchev–Trinajstić information content (AvgIpc) is 2.39. The predicted molar refractivity (Wildman–Crippen MR) is 67.5 cm³/mol. The third-order valence-electron chi connectivity index (χ3n) is 2.47. The smallest absolute Gasteiger partial charge is 0.162 e. The number of anilines is 2. The predicted octanol–water partition coefficient (Wildman–Crippen LogP) is 1.67. The molecular formula is C12H12FN5. The highest BCUT2D eigenvalue weighted by Crippen LogP contribution is 2.23. The van der Waals surface area contributed by atoms with Crippen LogP contribution in [0.3, 0.4) is 0 Å². The van der Waals surface area contributed by atoms with Gasteiger partial charge in [-0.05, 0) is 24.3 Å². The molecule has 1 heterocycles. The minimum absolute atomic E-state index is 0.160. The Balaban J connectivity index is 2.42. The molecule has 0 aliphatic carbocycles. The molecule has 0 spiro atoms. The molecule has 18 heavy (non-hydrogen) atoms. The van der Waals surface area contributed by atoms with E-state index in [-0.39, 0.29) is 11.7 Å². The number of hydrogen-bond acceptors (Lipinski definition) is 4. The summed E-state index contributed by atoms with van der Waals surface area (Å²) < 4.78 is 12.9. The lowest BCUT2D eigenvalue weighted by Crippen LogP contribution is -2.21. The Labute approximate surface area is 104 Å². The number of rotatable bonds is 3. The van der Waals surface area contributed by atoms with E-state index in [2.05, 4.69) is 9.97 Å². The van der Waals surface area contributed by atoms with Crippen molar-refractivity contribution in [3.05, 3.63) is 48.2 Å². The quantitative estimate of drug-likeness (QED) is 0.636. The van der Waals surface area contributed by atoms with Gasteiger partial charge in [0.05, 0.1) is 0 Å². The Hall–Kier alpha value is -2.50. The number of nitrogen functional groups attached to an aromatic ring is 1. The maximum Gasteiger partial charge on any atom is 0.162 e. The van der Waals surface area contributed by atoms with Crippen LogP contribution in [-0.2, 0) is 0 Å². The summed E-state index contributed by atoms with van der Waals surface area (Å²) in [6.07, 6.45) is 2.99. The summed E-state index contributed by atoms with van der Waals surface area (Å²) in [6, 6.07) is 5.95. The molecule has 0 amide bonds. The molecule has 6 heteroatoms. The number of amidine groups is 1. The van der Waals surface area contributed by atoms with Crippen molar-refractivity contribution >= 4 is 17.3 Å². The van der Waals surface area contributed by atoms with E-state index in [0.717, 1.165) is 5.69 Å².